The summed E-state index contributed by atoms with van der Waals surface area (Å²) in [6, 6.07) is 3.11. The molecule has 0 aliphatic carbocycles. The van der Waals surface area contributed by atoms with Gasteiger partial charge in [0, 0.05) is 31.5 Å². The van der Waals surface area contributed by atoms with Crippen molar-refractivity contribution in [1.29, 1.82) is 0 Å². The fourth-order valence-electron chi connectivity index (χ4n) is 1.32. The molecule has 0 aliphatic rings. The second-order valence-corrected chi connectivity index (χ2v) is 3.90. The van der Waals surface area contributed by atoms with Gasteiger partial charge in [0.1, 0.15) is 0 Å². The Hall–Kier alpha value is -1.10. The summed E-state index contributed by atoms with van der Waals surface area (Å²) in [5, 5.41) is 0. The minimum atomic E-state index is -3.15. The molecular weight excluding hydrogens is 222 g/mol. The molecule has 0 spiro atoms. The molecule has 0 bridgehead atoms. The molecule has 0 fully saturated rings. The van der Waals surface area contributed by atoms with Gasteiger partial charge in [-0.1, -0.05) is 0 Å². The molecular formula is C11H13F4N. The standard InChI is InChI=1S/C11H13F4N/c1-10(12,13)8-3-7(6-16)4-9(5-8)11(2,14)15/h3-5H,6,16H2,1-2H3. The summed E-state index contributed by atoms with van der Waals surface area (Å²) >= 11 is 0. The summed E-state index contributed by atoms with van der Waals surface area (Å²) in [6.45, 7) is 1.29. The molecule has 0 unspecified atom stereocenters. The number of alkyl halides is 4. The van der Waals surface area contributed by atoms with Crippen molar-refractivity contribution in [3.8, 4) is 0 Å². The number of benzene rings is 1. The van der Waals surface area contributed by atoms with Gasteiger partial charge in [0.25, 0.3) is 11.8 Å². The molecule has 0 aromatic heterocycles. The van der Waals surface area contributed by atoms with Crippen molar-refractivity contribution in [2.24, 2.45) is 5.73 Å². The van der Waals surface area contributed by atoms with E-state index in [4.69, 9.17) is 5.73 Å². The average molecular weight is 235 g/mol. The van der Waals surface area contributed by atoms with E-state index in [0.29, 0.717) is 13.8 Å². The van der Waals surface area contributed by atoms with E-state index in [-0.39, 0.29) is 12.1 Å². The molecule has 0 atom stereocenters. The third-order valence-electron chi connectivity index (χ3n) is 2.24. The van der Waals surface area contributed by atoms with Crippen molar-refractivity contribution in [3.05, 3.63) is 34.9 Å². The highest BCUT2D eigenvalue weighted by Gasteiger charge is 2.30. The van der Waals surface area contributed by atoms with Crippen LogP contribution < -0.4 is 5.73 Å². The Balaban J connectivity index is 3.33. The minimum absolute atomic E-state index is 0.0486. The Morgan fingerprint density at radius 1 is 0.938 bits per heavy atom. The highest BCUT2D eigenvalue weighted by atomic mass is 19.3. The summed E-state index contributed by atoms with van der Waals surface area (Å²) < 4.78 is 52.2. The monoisotopic (exact) mass is 235 g/mol. The van der Waals surface area contributed by atoms with Crippen molar-refractivity contribution < 1.29 is 17.6 Å². The molecule has 0 heterocycles. The Labute approximate surface area is 91.3 Å². The zero-order chi connectivity index (χ0) is 12.6. The molecule has 1 rings (SSSR count). The van der Waals surface area contributed by atoms with Gasteiger partial charge in [-0.05, 0) is 23.8 Å². The summed E-state index contributed by atoms with van der Waals surface area (Å²) in [4.78, 5) is 0. The van der Waals surface area contributed by atoms with Gasteiger partial charge >= 0.3 is 0 Å². The van der Waals surface area contributed by atoms with Crippen LogP contribution in [-0.4, -0.2) is 0 Å². The van der Waals surface area contributed by atoms with E-state index in [2.05, 4.69) is 0 Å². The normalized spacial score (nSPS) is 12.9. The molecule has 90 valence electrons. The van der Waals surface area contributed by atoms with E-state index in [1.165, 1.54) is 0 Å². The van der Waals surface area contributed by atoms with E-state index < -0.39 is 23.0 Å². The number of hydrogen-bond acceptors (Lipinski definition) is 1. The van der Waals surface area contributed by atoms with E-state index in [0.717, 1.165) is 18.2 Å². The predicted octanol–water partition coefficient (Wildman–Crippen LogP) is 3.37. The van der Waals surface area contributed by atoms with Crippen molar-refractivity contribution >= 4 is 0 Å². The second kappa shape index (κ2) is 4.05. The Morgan fingerprint density at radius 2 is 1.31 bits per heavy atom. The summed E-state index contributed by atoms with van der Waals surface area (Å²) in [7, 11) is 0. The van der Waals surface area contributed by atoms with Gasteiger partial charge in [-0.3, -0.25) is 0 Å². The molecule has 0 saturated heterocycles. The van der Waals surface area contributed by atoms with Gasteiger partial charge in [0.15, 0.2) is 0 Å². The lowest BCUT2D eigenvalue weighted by molar-refractivity contribution is 0.0104. The highest BCUT2D eigenvalue weighted by molar-refractivity contribution is 5.34. The molecule has 1 aromatic carbocycles. The van der Waals surface area contributed by atoms with Crippen molar-refractivity contribution in [3.63, 3.8) is 0 Å². The molecule has 1 aromatic rings. The van der Waals surface area contributed by atoms with Gasteiger partial charge in [-0.2, -0.15) is 0 Å². The van der Waals surface area contributed by atoms with Crippen molar-refractivity contribution in [1.82, 2.24) is 0 Å². The molecule has 5 heteroatoms. The van der Waals surface area contributed by atoms with Crippen LogP contribution >= 0.6 is 0 Å². The number of hydrogen-bond donors (Lipinski definition) is 1. The maximum atomic E-state index is 13.1. The lowest BCUT2D eigenvalue weighted by Gasteiger charge is -2.17. The Morgan fingerprint density at radius 3 is 1.56 bits per heavy atom. The van der Waals surface area contributed by atoms with E-state index in [9.17, 15) is 17.6 Å². The maximum Gasteiger partial charge on any atom is 0.270 e. The van der Waals surface area contributed by atoms with Crippen LogP contribution in [0.1, 0.15) is 30.5 Å². The SMILES string of the molecule is CC(F)(F)c1cc(CN)cc(C(C)(F)F)c1. The predicted molar refractivity (Wildman–Crippen MR) is 53.5 cm³/mol. The van der Waals surface area contributed by atoms with E-state index in [1.54, 1.807) is 0 Å². The second-order valence-electron chi connectivity index (χ2n) is 3.90. The number of rotatable bonds is 3. The number of halogens is 4. The largest absolute Gasteiger partial charge is 0.326 e. The minimum Gasteiger partial charge on any atom is -0.326 e. The van der Waals surface area contributed by atoms with E-state index >= 15 is 0 Å². The molecule has 2 N–H and O–H groups in total. The summed E-state index contributed by atoms with van der Waals surface area (Å²) in [5.41, 5.74) is 4.68. The molecule has 0 radical (unpaired) electrons. The molecule has 0 saturated carbocycles. The van der Waals surface area contributed by atoms with E-state index in [1.807, 2.05) is 0 Å². The van der Waals surface area contributed by atoms with Crippen LogP contribution in [-0.2, 0) is 18.4 Å². The van der Waals surface area contributed by atoms with Gasteiger partial charge < -0.3 is 5.73 Å². The fraction of sp³-hybridized carbons (Fsp3) is 0.455. The summed E-state index contributed by atoms with van der Waals surface area (Å²) in [5.74, 6) is -6.30. The first-order chi connectivity index (χ1) is 7.14. The highest BCUT2D eigenvalue weighted by Crippen LogP contribution is 2.34. The van der Waals surface area contributed by atoms with Gasteiger partial charge in [0.05, 0.1) is 0 Å². The summed E-state index contributed by atoms with van der Waals surface area (Å²) in [6.07, 6.45) is 0. The Kier molecular flexibility index (Phi) is 3.28. The maximum absolute atomic E-state index is 13.1. The first-order valence-electron chi connectivity index (χ1n) is 4.75. The fourth-order valence-corrected chi connectivity index (χ4v) is 1.32. The van der Waals surface area contributed by atoms with Crippen LogP contribution in [0.2, 0.25) is 0 Å². The molecule has 0 aliphatic heterocycles. The topological polar surface area (TPSA) is 26.0 Å². The molecule has 16 heavy (non-hydrogen) atoms. The Bertz CT molecular complexity index is 344. The quantitative estimate of drug-likeness (QED) is 0.798. The van der Waals surface area contributed by atoms with Crippen molar-refractivity contribution in [2.45, 2.75) is 32.2 Å². The van der Waals surface area contributed by atoms with Gasteiger partial charge in [0.2, 0.25) is 0 Å². The first kappa shape index (κ1) is 13.0. The molecule has 1 nitrogen and oxygen atoms in total. The zero-order valence-electron chi connectivity index (χ0n) is 9.03. The lowest BCUT2D eigenvalue weighted by atomic mass is 9.99. The van der Waals surface area contributed by atoms with Gasteiger partial charge in [-0.25, -0.2) is 17.6 Å². The smallest absolute Gasteiger partial charge is 0.270 e. The zero-order valence-corrected chi connectivity index (χ0v) is 9.03. The first-order valence-corrected chi connectivity index (χ1v) is 4.75. The van der Waals surface area contributed by atoms with Crippen LogP contribution in [0.3, 0.4) is 0 Å². The molecule has 0 amide bonds. The van der Waals surface area contributed by atoms with Crippen molar-refractivity contribution in [2.75, 3.05) is 0 Å². The van der Waals surface area contributed by atoms with Gasteiger partial charge in [-0.15, -0.1) is 0 Å². The van der Waals surface area contributed by atoms with Crippen LogP contribution in [0.25, 0.3) is 0 Å². The third-order valence-corrected chi connectivity index (χ3v) is 2.24. The van der Waals surface area contributed by atoms with Crippen LogP contribution in [0, 0.1) is 0 Å². The lowest BCUT2D eigenvalue weighted by Crippen LogP contribution is -2.14. The van der Waals surface area contributed by atoms with Crippen LogP contribution in [0.4, 0.5) is 17.6 Å². The number of nitrogens with two attached hydrogens (primary N) is 1. The van der Waals surface area contributed by atoms with Crippen LogP contribution in [0.15, 0.2) is 18.2 Å². The third kappa shape index (κ3) is 2.95. The average Bonchev–Trinajstić information content (AvgIpc) is 2.14. The van der Waals surface area contributed by atoms with Crippen LogP contribution in [0.5, 0.6) is 0 Å².